The average Bonchev–Trinajstić information content (AvgIpc) is 3.52. The molecule has 3 aliphatic rings. The van der Waals surface area contributed by atoms with Crippen molar-refractivity contribution in [1.82, 2.24) is 29.4 Å². The number of pyridine rings is 1. The van der Waals surface area contributed by atoms with E-state index in [1.165, 1.54) is 16.4 Å². The molecule has 3 atom stereocenters. The van der Waals surface area contributed by atoms with Crippen molar-refractivity contribution in [3.05, 3.63) is 101 Å². The van der Waals surface area contributed by atoms with Crippen LogP contribution in [0.15, 0.2) is 65.7 Å². The van der Waals surface area contributed by atoms with Gasteiger partial charge in [0.25, 0.3) is 12.3 Å². The van der Waals surface area contributed by atoms with E-state index < -0.39 is 75.7 Å². The Hall–Kier alpha value is -4.74. The maximum Gasteiger partial charge on any atom is 0.293 e. The summed E-state index contributed by atoms with van der Waals surface area (Å²) in [6, 6.07) is 11.1. The first-order valence-electron chi connectivity index (χ1n) is 16.5. The van der Waals surface area contributed by atoms with Crippen LogP contribution >= 0.6 is 0 Å². The van der Waals surface area contributed by atoms with Crippen molar-refractivity contribution in [3.63, 3.8) is 0 Å². The van der Waals surface area contributed by atoms with Gasteiger partial charge in [-0.3, -0.25) is 9.48 Å². The number of halogens is 6. The lowest BCUT2D eigenvalue weighted by atomic mass is 9.95. The number of amides is 1. The van der Waals surface area contributed by atoms with E-state index in [0.717, 1.165) is 12.1 Å². The molecule has 0 spiro atoms. The van der Waals surface area contributed by atoms with Gasteiger partial charge in [-0.15, -0.1) is 0 Å². The van der Waals surface area contributed by atoms with Crippen LogP contribution in [0, 0.1) is 17.6 Å². The molecular formula is C35H30F6N6O4S. The van der Waals surface area contributed by atoms with Crippen LogP contribution in [0.3, 0.4) is 0 Å². The van der Waals surface area contributed by atoms with Gasteiger partial charge >= 0.3 is 0 Å². The maximum absolute atomic E-state index is 15.2. The Morgan fingerprint density at radius 1 is 1.02 bits per heavy atom. The monoisotopic (exact) mass is 744 g/mol. The second kappa shape index (κ2) is 12.7. The summed E-state index contributed by atoms with van der Waals surface area (Å²) in [5.74, 6) is -7.97. The van der Waals surface area contributed by atoms with E-state index in [9.17, 15) is 30.8 Å². The van der Waals surface area contributed by atoms with Crippen LogP contribution in [0.5, 0.6) is 0 Å². The number of carbonyl (C=O) groups is 1. The number of aromatic nitrogens is 4. The Balaban J connectivity index is 1.17. The minimum absolute atomic E-state index is 0.0399. The minimum Gasteiger partial charge on any atom is -0.379 e. The molecule has 2 aliphatic carbocycles. The number of hydrogen-bond donors (Lipinski definition) is 2. The maximum atomic E-state index is 15.2. The highest BCUT2D eigenvalue weighted by Gasteiger charge is 2.67. The van der Waals surface area contributed by atoms with Crippen molar-refractivity contribution in [2.24, 2.45) is 5.92 Å². The smallest absolute Gasteiger partial charge is 0.293 e. The molecule has 4 heterocycles. The molecule has 52 heavy (non-hydrogen) atoms. The zero-order chi connectivity index (χ0) is 36.5. The summed E-state index contributed by atoms with van der Waals surface area (Å²) in [6.07, 6.45) is -1.67. The number of sulfonamides is 1. The molecule has 0 radical (unpaired) electrons. The van der Waals surface area contributed by atoms with Crippen molar-refractivity contribution in [2.45, 2.75) is 48.6 Å². The molecule has 1 saturated carbocycles. The van der Waals surface area contributed by atoms with Crippen LogP contribution in [0.4, 0.5) is 26.3 Å². The third-order valence-electron chi connectivity index (χ3n) is 9.82. The zero-order valence-corrected chi connectivity index (χ0v) is 27.9. The number of nitrogens with zero attached hydrogens (tertiary/aromatic N) is 4. The van der Waals surface area contributed by atoms with Gasteiger partial charge in [-0.25, -0.2) is 31.0 Å². The van der Waals surface area contributed by atoms with E-state index in [-0.39, 0.29) is 60.9 Å². The topological polar surface area (TPSA) is 122 Å². The fraction of sp³-hybridized carbons (Fsp3) is 0.343. The van der Waals surface area contributed by atoms with Gasteiger partial charge in [0.1, 0.15) is 29.6 Å². The molecule has 3 aromatic heterocycles. The number of hydrogen-bond acceptors (Lipinski definition) is 6. The molecule has 5 aromatic rings. The highest BCUT2D eigenvalue weighted by molar-refractivity contribution is 7.89. The summed E-state index contributed by atoms with van der Waals surface area (Å²) < 4.78 is 121. The molecule has 1 amide bonds. The standard InChI is InChI=1S/C35H30F6N6O4S/c36-20-11-18(12-21(37)14-20)13-28(43-29(48)17-47-33-30(32(45-47)34(38)39)24-15-25(24)35(33,40)41)31-23(16-27-26(44-31)5-6-42-27)19-1-3-22(4-2-19)52(49,50)46-7-9-51-10-8-46/h1-6,11-12,14,16,24-25,28,34,42H,7-10,13,15,17H2,(H,43,48)/t24-,25+,28+/m0/s1. The molecule has 8 rings (SSSR count). The number of aromatic amines is 1. The van der Waals surface area contributed by atoms with Gasteiger partial charge in [0, 0.05) is 42.4 Å². The number of benzene rings is 2. The molecule has 1 saturated heterocycles. The van der Waals surface area contributed by atoms with E-state index >= 15 is 8.78 Å². The van der Waals surface area contributed by atoms with Crippen LogP contribution < -0.4 is 5.32 Å². The van der Waals surface area contributed by atoms with Crippen LogP contribution in [0.25, 0.3) is 22.2 Å². The van der Waals surface area contributed by atoms with Crippen molar-refractivity contribution >= 4 is 27.0 Å². The number of fused-ring (bicyclic) bond motifs is 4. The first-order valence-corrected chi connectivity index (χ1v) is 17.9. The number of H-pyrrole nitrogens is 1. The second-order valence-electron chi connectivity index (χ2n) is 13.2. The molecule has 0 bridgehead atoms. The van der Waals surface area contributed by atoms with E-state index in [0.29, 0.717) is 32.9 Å². The number of morpholine rings is 1. The molecule has 1 aliphatic heterocycles. The number of carbonyl (C=O) groups excluding carboxylic acids is 1. The molecular weight excluding hydrogens is 714 g/mol. The highest BCUT2D eigenvalue weighted by Crippen LogP contribution is 2.68. The van der Waals surface area contributed by atoms with Crippen molar-refractivity contribution in [3.8, 4) is 11.1 Å². The third kappa shape index (κ3) is 6.03. The predicted molar refractivity (Wildman–Crippen MR) is 174 cm³/mol. The van der Waals surface area contributed by atoms with Crippen LogP contribution in [-0.2, 0) is 38.4 Å². The lowest BCUT2D eigenvalue weighted by Crippen LogP contribution is -2.40. The lowest BCUT2D eigenvalue weighted by molar-refractivity contribution is -0.123. The number of ether oxygens (including phenoxy) is 1. The first kappa shape index (κ1) is 34.4. The van der Waals surface area contributed by atoms with E-state index in [1.807, 2.05) is 0 Å². The Morgan fingerprint density at radius 3 is 2.42 bits per heavy atom. The largest absolute Gasteiger partial charge is 0.379 e. The van der Waals surface area contributed by atoms with Crippen LogP contribution in [-0.4, -0.2) is 64.7 Å². The second-order valence-corrected chi connectivity index (χ2v) is 15.1. The minimum atomic E-state index is -3.83. The highest BCUT2D eigenvalue weighted by atomic mass is 32.2. The van der Waals surface area contributed by atoms with Gasteiger partial charge in [-0.05, 0) is 66.3 Å². The third-order valence-corrected chi connectivity index (χ3v) is 11.7. The SMILES string of the molecule is O=C(Cn1nc(C(F)F)c2c1C(F)(F)[C@@H]1C[C@H]21)N[C@H](Cc1cc(F)cc(F)c1)c1nc2cc[nH]c2cc1-c1ccc(S(=O)(=O)N2CCOCC2)cc1. The zero-order valence-electron chi connectivity index (χ0n) is 27.1. The molecule has 0 unspecified atom stereocenters. The number of nitrogens with one attached hydrogen (secondary N) is 2. The van der Waals surface area contributed by atoms with E-state index in [2.05, 4.69) is 15.4 Å². The molecule has 2 N–H and O–H groups in total. The quantitative estimate of drug-likeness (QED) is 0.170. The van der Waals surface area contributed by atoms with Gasteiger partial charge in [0.15, 0.2) is 0 Å². The normalized spacial score (nSPS) is 20.2. The van der Waals surface area contributed by atoms with Crippen LogP contribution in [0.1, 0.15) is 53.0 Å². The molecule has 17 heteroatoms. The number of rotatable bonds is 10. The summed E-state index contributed by atoms with van der Waals surface area (Å²) in [4.78, 5) is 21.6. The Kier molecular flexibility index (Phi) is 8.41. The van der Waals surface area contributed by atoms with Crippen LogP contribution in [0.2, 0.25) is 0 Å². The average molecular weight is 745 g/mol. The number of alkyl halides is 4. The fourth-order valence-corrected chi connectivity index (χ4v) is 8.78. The predicted octanol–water partition coefficient (Wildman–Crippen LogP) is 5.97. The van der Waals surface area contributed by atoms with Gasteiger partial charge in [0.05, 0.1) is 40.9 Å². The molecule has 2 fully saturated rings. The Morgan fingerprint density at radius 2 is 1.73 bits per heavy atom. The van der Waals surface area contributed by atoms with Crippen molar-refractivity contribution < 1.29 is 44.3 Å². The van der Waals surface area contributed by atoms with Gasteiger partial charge < -0.3 is 15.0 Å². The summed E-state index contributed by atoms with van der Waals surface area (Å²) in [7, 11) is -3.83. The lowest BCUT2D eigenvalue weighted by Gasteiger charge is -2.26. The Labute approximate surface area is 292 Å². The van der Waals surface area contributed by atoms with Gasteiger partial charge in [-0.1, -0.05) is 12.1 Å². The Bertz CT molecular complexity index is 2290. The fourth-order valence-electron chi connectivity index (χ4n) is 7.37. The molecule has 2 aromatic carbocycles. The van der Waals surface area contributed by atoms with Gasteiger partial charge in [0.2, 0.25) is 15.9 Å². The molecule has 10 nitrogen and oxygen atoms in total. The van der Waals surface area contributed by atoms with Crippen molar-refractivity contribution in [2.75, 3.05) is 26.3 Å². The summed E-state index contributed by atoms with van der Waals surface area (Å²) in [6.45, 7) is 0.101. The first-order chi connectivity index (χ1) is 24.8. The summed E-state index contributed by atoms with van der Waals surface area (Å²) in [5.41, 5.74) is 0.573. The van der Waals surface area contributed by atoms with E-state index in [1.54, 1.807) is 30.5 Å². The summed E-state index contributed by atoms with van der Waals surface area (Å²) in [5, 5.41) is 6.47. The van der Waals surface area contributed by atoms with E-state index in [4.69, 9.17) is 9.72 Å². The summed E-state index contributed by atoms with van der Waals surface area (Å²) >= 11 is 0. The van der Waals surface area contributed by atoms with Crippen molar-refractivity contribution in [1.29, 1.82) is 0 Å². The van der Waals surface area contributed by atoms with Gasteiger partial charge in [-0.2, -0.15) is 18.2 Å². The molecule has 272 valence electrons.